The molecule has 3 nitrogen and oxygen atoms in total. The van der Waals surface area contributed by atoms with Gasteiger partial charge < -0.3 is 9.47 Å². The first-order chi connectivity index (χ1) is 8.72. The van der Waals surface area contributed by atoms with E-state index < -0.39 is 0 Å². The summed E-state index contributed by atoms with van der Waals surface area (Å²) in [5, 5.41) is 0. The summed E-state index contributed by atoms with van der Waals surface area (Å²) in [6.45, 7) is 2.25. The Morgan fingerprint density at radius 2 is 2.17 bits per heavy atom. The van der Waals surface area contributed by atoms with Crippen molar-refractivity contribution in [2.75, 3.05) is 13.7 Å². The molecule has 0 atom stereocenters. The number of methoxy groups -OCH3 is 1. The van der Waals surface area contributed by atoms with Crippen LogP contribution in [0.4, 0.5) is 0 Å². The van der Waals surface area contributed by atoms with Crippen LogP contribution in [0.3, 0.4) is 0 Å². The van der Waals surface area contributed by atoms with Crippen LogP contribution >= 0.6 is 0 Å². The lowest BCUT2D eigenvalue weighted by atomic mass is 9.88. The van der Waals surface area contributed by atoms with E-state index in [-0.39, 0.29) is 5.97 Å². The Balaban J connectivity index is 2.13. The van der Waals surface area contributed by atoms with E-state index in [1.165, 1.54) is 11.1 Å². The maximum atomic E-state index is 11.4. The molecular weight excluding hydrogens is 228 g/mol. The minimum Gasteiger partial charge on any atom is -0.497 e. The minimum atomic E-state index is -0.232. The predicted octanol–water partition coefficient (Wildman–Crippen LogP) is 2.67. The highest BCUT2D eigenvalue weighted by Crippen LogP contribution is 2.28. The highest BCUT2D eigenvalue weighted by atomic mass is 16.5. The third-order valence-corrected chi connectivity index (χ3v) is 3.15. The fourth-order valence-corrected chi connectivity index (χ4v) is 2.24. The van der Waals surface area contributed by atoms with Crippen molar-refractivity contribution in [3.63, 3.8) is 0 Å². The number of hydrogen-bond acceptors (Lipinski definition) is 3. The minimum absolute atomic E-state index is 0.232. The lowest BCUT2D eigenvalue weighted by Crippen LogP contribution is -2.09. The molecule has 0 bridgehead atoms. The Morgan fingerprint density at radius 3 is 2.89 bits per heavy atom. The van der Waals surface area contributed by atoms with Crippen LogP contribution in [-0.4, -0.2) is 19.7 Å². The first-order valence-electron chi connectivity index (χ1n) is 6.25. The van der Waals surface area contributed by atoms with Crippen molar-refractivity contribution in [2.24, 2.45) is 0 Å². The number of esters is 1. The average molecular weight is 246 g/mol. The molecule has 1 aliphatic carbocycles. The van der Waals surface area contributed by atoms with E-state index in [0.29, 0.717) is 6.61 Å². The number of aryl methyl sites for hydroxylation is 1. The molecule has 3 heteroatoms. The smallest absolute Gasteiger partial charge is 0.330 e. The van der Waals surface area contributed by atoms with Gasteiger partial charge in [0.1, 0.15) is 5.75 Å². The molecule has 0 saturated carbocycles. The van der Waals surface area contributed by atoms with Gasteiger partial charge in [-0.15, -0.1) is 0 Å². The van der Waals surface area contributed by atoms with Crippen LogP contribution < -0.4 is 4.74 Å². The molecule has 1 aliphatic rings. The van der Waals surface area contributed by atoms with Crippen molar-refractivity contribution in [3.8, 4) is 5.75 Å². The zero-order chi connectivity index (χ0) is 13.0. The van der Waals surface area contributed by atoms with Gasteiger partial charge in [-0.05, 0) is 49.4 Å². The maximum absolute atomic E-state index is 11.4. The topological polar surface area (TPSA) is 35.5 Å². The molecule has 0 amide bonds. The van der Waals surface area contributed by atoms with Crippen molar-refractivity contribution in [3.05, 3.63) is 41.0 Å². The van der Waals surface area contributed by atoms with E-state index in [0.717, 1.165) is 30.6 Å². The van der Waals surface area contributed by atoms with Gasteiger partial charge in [0.25, 0.3) is 0 Å². The van der Waals surface area contributed by atoms with Crippen LogP contribution in [0.2, 0.25) is 0 Å². The lowest BCUT2D eigenvalue weighted by Gasteiger charge is -2.19. The van der Waals surface area contributed by atoms with Crippen molar-refractivity contribution in [1.29, 1.82) is 0 Å². The second kappa shape index (κ2) is 5.71. The van der Waals surface area contributed by atoms with Gasteiger partial charge in [0.2, 0.25) is 0 Å². The molecule has 0 aliphatic heterocycles. The Labute approximate surface area is 107 Å². The number of hydrogen-bond donors (Lipinski definition) is 0. The van der Waals surface area contributed by atoms with Crippen molar-refractivity contribution >= 4 is 5.97 Å². The number of carbonyl (C=O) groups excluding carboxylic acids is 1. The Hall–Kier alpha value is -1.77. The number of allylic oxidation sites excluding steroid dienone is 1. The van der Waals surface area contributed by atoms with Gasteiger partial charge in [-0.2, -0.15) is 0 Å². The summed E-state index contributed by atoms with van der Waals surface area (Å²) in [7, 11) is 1.68. The van der Waals surface area contributed by atoms with Crippen LogP contribution in [-0.2, 0) is 22.4 Å². The lowest BCUT2D eigenvalue weighted by molar-refractivity contribution is -0.137. The Morgan fingerprint density at radius 1 is 1.33 bits per heavy atom. The van der Waals surface area contributed by atoms with Gasteiger partial charge in [0.05, 0.1) is 13.7 Å². The first kappa shape index (κ1) is 12.7. The van der Waals surface area contributed by atoms with E-state index in [1.54, 1.807) is 13.2 Å². The fourth-order valence-electron chi connectivity index (χ4n) is 2.24. The fraction of sp³-hybridized carbons (Fsp3) is 0.400. The Kier molecular flexibility index (Phi) is 4.03. The summed E-state index contributed by atoms with van der Waals surface area (Å²) in [5.74, 6) is 0.663. The molecule has 0 aromatic heterocycles. The largest absolute Gasteiger partial charge is 0.497 e. The second-order valence-corrected chi connectivity index (χ2v) is 4.37. The molecule has 0 heterocycles. The molecular formula is C15H18O3. The zero-order valence-corrected chi connectivity index (χ0v) is 10.9. The maximum Gasteiger partial charge on any atom is 0.330 e. The van der Waals surface area contributed by atoms with E-state index in [2.05, 4.69) is 12.1 Å². The summed E-state index contributed by atoms with van der Waals surface area (Å²) in [5.41, 5.74) is 3.74. The van der Waals surface area contributed by atoms with Crippen LogP contribution in [0, 0.1) is 0 Å². The van der Waals surface area contributed by atoms with Crippen LogP contribution in [0.15, 0.2) is 29.8 Å². The van der Waals surface area contributed by atoms with E-state index in [4.69, 9.17) is 9.47 Å². The highest BCUT2D eigenvalue weighted by molar-refractivity contribution is 5.83. The predicted molar refractivity (Wildman–Crippen MR) is 69.7 cm³/mol. The number of benzene rings is 1. The summed E-state index contributed by atoms with van der Waals surface area (Å²) >= 11 is 0. The molecule has 0 N–H and O–H groups in total. The van der Waals surface area contributed by atoms with Crippen molar-refractivity contribution < 1.29 is 14.3 Å². The average Bonchev–Trinajstić information content (AvgIpc) is 2.38. The quantitative estimate of drug-likeness (QED) is 0.607. The number of rotatable bonds is 3. The molecule has 2 rings (SSSR count). The van der Waals surface area contributed by atoms with Crippen LogP contribution in [0.1, 0.15) is 24.5 Å². The van der Waals surface area contributed by atoms with Crippen LogP contribution in [0.5, 0.6) is 5.75 Å². The summed E-state index contributed by atoms with van der Waals surface area (Å²) in [6, 6.07) is 6.12. The van der Waals surface area contributed by atoms with Gasteiger partial charge in [-0.25, -0.2) is 4.79 Å². The molecule has 0 radical (unpaired) electrons. The summed E-state index contributed by atoms with van der Waals surface area (Å²) in [6.07, 6.45) is 4.34. The second-order valence-electron chi connectivity index (χ2n) is 4.37. The molecule has 0 saturated heterocycles. The van der Waals surface area contributed by atoms with Crippen LogP contribution in [0.25, 0.3) is 0 Å². The monoisotopic (exact) mass is 246 g/mol. The van der Waals surface area contributed by atoms with E-state index in [1.807, 2.05) is 13.0 Å². The number of carbonyl (C=O) groups is 1. The van der Waals surface area contributed by atoms with Gasteiger partial charge in [-0.3, -0.25) is 0 Å². The van der Waals surface area contributed by atoms with Gasteiger partial charge in [0, 0.05) is 6.08 Å². The highest BCUT2D eigenvalue weighted by Gasteiger charge is 2.14. The summed E-state index contributed by atoms with van der Waals surface area (Å²) in [4.78, 5) is 11.4. The number of ether oxygens (including phenoxy) is 2. The van der Waals surface area contributed by atoms with E-state index >= 15 is 0 Å². The van der Waals surface area contributed by atoms with Gasteiger partial charge in [0.15, 0.2) is 0 Å². The van der Waals surface area contributed by atoms with Gasteiger partial charge >= 0.3 is 5.97 Å². The molecule has 1 aromatic carbocycles. The standard InChI is InChI=1S/C15H18O3/c1-3-18-15(16)9-11-4-5-13-10-14(17-2)7-6-12(13)8-11/h6-7,9-10H,3-5,8H2,1-2H3. The normalized spacial score (nSPS) is 16.2. The molecule has 1 aromatic rings. The molecule has 0 unspecified atom stereocenters. The summed E-state index contributed by atoms with van der Waals surface area (Å²) < 4.78 is 10.1. The molecule has 96 valence electrons. The zero-order valence-electron chi connectivity index (χ0n) is 10.9. The van der Waals surface area contributed by atoms with E-state index in [9.17, 15) is 4.79 Å². The van der Waals surface area contributed by atoms with Crippen molar-refractivity contribution in [1.82, 2.24) is 0 Å². The molecule has 18 heavy (non-hydrogen) atoms. The van der Waals surface area contributed by atoms with Crippen molar-refractivity contribution in [2.45, 2.75) is 26.2 Å². The third kappa shape index (κ3) is 2.92. The molecule has 0 fully saturated rings. The third-order valence-electron chi connectivity index (χ3n) is 3.15. The Bertz CT molecular complexity index is 475. The molecule has 0 spiro atoms. The number of fused-ring (bicyclic) bond motifs is 1. The SMILES string of the molecule is CCOC(=O)C=C1CCc2cc(OC)ccc2C1. The first-order valence-corrected chi connectivity index (χ1v) is 6.25. The van der Waals surface area contributed by atoms with Gasteiger partial charge in [-0.1, -0.05) is 11.6 Å².